The summed E-state index contributed by atoms with van der Waals surface area (Å²) in [6, 6.07) is 18.9. The number of nitrogens with one attached hydrogen (secondary N) is 1. The summed E-state index contributed by atoms with van der Waals surface area (Å²) >= 11 is 0. The molecule has 2 aromatic carbocycles. The standard InChI is InChI=1S/C13H12.C3H5NO2/c1-11-7-5-6-10-13(11)12-8-3-2-4-9-12;5-3-4-1-2-6-3/h2-10H,1H3;1-2H2,(H,4,5). The summed E-state index contributed by atoms with van der Waals surface area (Å²) < 4.78 is 4.40. The Morgan fingerprint density at radius 2 is 1.68 bits per heavy atom. The average molecular weight is 255 g/mol. The van der Waals surface area contributed by atoms with Crippen LogP contribution >= 0.6 is 0 Å². The minimum Gasteiger partial charge on any atom is -0.448 e. The fraction of sp³-hybridized carbons (Fsp3) is 0.188. The Labute approximate surface area is 113 Å². The van der Waals surface area contributed by atoms with Crippen molar-refractivity contribution < 1.29 is 9.53 Å². The highest BCUT2D eigenvalue weighted by Gasteiger charge is 2.06. The summed E-state index contributed by atoms with van der Waals surface area (Å²) in [6.45, 7) is 3.33. The molecule has 0 bridgehead atoms. The number of hydrogen-bond donors (Lipinski definition) is 1. The van der Waals surface area contributed by atoms with Crippen molar-refractivity contribution >= 4 is 6.09 Å². The van der Waals surface area contributed by atoms with Gasteiger partial charge in [-0.05, 0) is 23.6 Å². The van der Waals surface area contributed by atoms with Gasteiger partial charge in [0.2, 0.25) is 0 Å². The van der Waals surface area contributed by atoms with Gasteiger partial charge in [-0.1, -0.05) is 54.6 Å². The minimum atomic E-state index is -0.296. The van der Waals surface area contributed by atoms with Crippen LogP contribution in [0.3, 0.4) is 0 Å². The fourth-order valence-electron chi connectivity index (χ4n) is 1.86. The molecule has 1 aliphatic heterocycles. The molecule has 1 N–H and O–H groups in total. The molecule has 0 atom stereocenters. The zero-order valence-electron chi connectivity index (χ0n) is 10.9. The monoisotopic (exact) mass is 255 g/mol. The van der Waals surface area contributed by atoms with E-state index in [9.17, 15) is 4.79 Å². The Morgan fingerprint density at radius 1 is 1.00 bits per heavy atom. The van der Waals surface area contributed by atoms with E-state index in [1.165, 1.54) is 16.7 Å². The maximum absolute atomic E-state index is 9.91. The molecular formula is C16H17NO2. The van der Waals surface area contributed by atoms with Crippen LogP contribution in [-0.2, 0) is 4.74 Å². The molecule has 0 saturated carbocycles. The van der Waals surface area contributed by atoms with Crippen molar-refractivity contribution in [2.45, 2.75) is 6.92 Å². The van der Waals surface area contributed by atoms with E-state index in [-0.39, 0.29) is 6.09 Å². The van der Waals surface area contributed by atoms with E-state index in [1.54, 1.807) is 0 Å². The Bertz CT molecular complexity index is 529. The molecule has 0 radical (unpaired) electrons. The number of benzene rings is 2. The summed E-state index contributed by atoms with van der Waals surface area (Å²) in [7, 11) is 0. The summed E-state index contributed by atoms with van der Waals surface area (Å²) in [5.74, 6) is 0. The number of aryl methyl sites for hydroxylation is 1. The molecule has 2 aromatic rings. The largest absolute Gasteiger partial charge is 0.448 e. The summed E-state index contributed by atoms with van der Waals surface area (Å²) in [5, 5.41) is 2.46. The minimum absolute atomic E-state index is 0.296. The third kappa shape index (κ3) is 3.85. The highest BCUT2D eigenvalue weighted by atomic mass is 16.6. The fourth-order valence-corrected chi connectivity index (χ4v) is 1.86. The Hall–Kier alpha value is -2.29. The summed E-state index contributed by atoms with van der Waals surface area (Å²) in [6.07, 6.45) is -0.296. The molecule has 0 spiro atoms. The first-order valence-corrected chi connectivity index (χ1v) is 6.29. The molecule has 1 saturated heterocycles. The van der Waals surface area contributed by atoms with Gasteiger partial charge in [-0.15, -0.1) is 0 Å². The van der Waals surface area contributed by atoms with E-state index < -0.39 is 0 Å². The predicted molar refractivity (Wildman–Crippen MR) is 76.0 cm³/mol. The zero-order chi connectivity index (χ0) is 13.5. The molecular weight excluding hydrogens is 238 g/mol. The van der Waals surface area contributed by atoms with Gasteiger partial charge < -0.3 is 10.1 Å². The second-order valence-corrected chi connectivity index (χ2v) is 4.24. The van der Waals surface area contributed by atoms with Gasteiger partial charge in [0.1, 0.15) is 6.61 Å². The molecule has 98 valence electrons. The van der Waals surface area contributed by atoms with Crippen molar-refractivity contribution in [3.63, 3.8) is 0 Å². The number of ether oxygens (including phenoxy) is 1. The maximum Gasteiger partial charge on any atom is 0.407 e. The molecule has 3 heteroatoms. The van der Waals surface area contributed by atoms with Crippen LogP contribution in [0.5, 0.6) is 0 Å². The quantitative estimate of drug-likeness (QED) is 0.848. The van der Waals surface area contributed by atoms with E-state index in [0.717, 1.165) is 0 Å². The molecule has 3 rings (SSSR count). The first kappa shape index (κ1) is 13.1. The van der Waals surface area contributed by atoms with Crippen LogP contribution in [0.2, 0.25) is 0 Å². The number of alkyl carbamates (subject to hydrolysis) is 1. The smallest absolute Gasteiger partial charge is 0.407 e. The molecule has 3 nitrogen and oxygen atoms in total. The van der Waals surface area contributed by atoms with E-state index in [0.29, 0.717) is 13.2 Å². The predicted octanol–water partition coefficient (Wildman–Crippen LogP) is 3.39. The second kappa shape index (κ2) is 6.59. The molecule has 1 amide bonds. The van der Waals surface area contributed by atoms with Crippen molar-refractivity contribution in [2.24, 2.45) is 0 Å². The number of rotatable bonds is 1. The van der Waals surface area contributed by atoms with Crippen molar-refractivity contribution in [3.8, 4) is 11.1 Å². The van der Waals surface area contributed by atoms with Crippen LogP contribution in [0.25, 0.3) is 11.1 Å². The van der Waals surface area contributed by atoms with E-state index in [2.05, 4.69) is 65.5 Å². The number of hydrogen-bond acceptors (Lipinski definition) is 2. The molecule has 1 aliphatic rings. The van der Waals surface area contributed by atoms with Crippen LogP contribution in [0.4, 0.5) is 4.79 Å². The van der Waals surface area contributed by atoms with Crippen LogP contribution < -0.4 is 5.32 Å². The van der Waals surface area contributed by atoms with Gasteiger partial charge in [0.05, 0.1) is 6.54 Å². The van der Waals surface area contributed by atoms with Gasteiger partial charge in [-0.25, -0.2) is 4.79 Å². The third-order valence-corrected chi connectivity index (χ3v) is 2.83. The van der Waals surface area contributed by atoms with Crippen LogP contribution in [0.15, 0.2) is 54.6 Å². The number of carbonyl (C=O) groups excluding carboxylic acids is 1. The molecule has 1 heterocycles. The van der Waals surface area contributed by atoms with Crippen molar-refractivity contribution in [3.05, 3.63) is 60.2 Å². The topological polar surface area (TPSA) is 38.3 Å². The lowest BCUT2D eigenvalue weighted by molar-refractivity contribution is 0.178. The first-order chi connectivity index (χ1) is 9.27. The summed E-state index contributed by atoms with van der Waals surface area (Å²) in [4.78, 5) is 9.91. The van der Waals surface area contributed by atoms with Crippen LogP contribution in [0.1, 0.15) is 5.56 Å². The molecule has 19 heavy (non-hydrogen) atoms. The van der Waals surface area contributed by atoms with E-state index >= 15 is 0 Å². The number of cyclic esters (lactones) is 1. The Morgan fingerprint density at radius 3 is 2.21 bits per heavy atom. The van der Waals surface area contributed by atoms with Crippen molar-refractivity contribution in [1.82, 2.24) is 5.32 Å². The average Bonchev–Trinajstić information content (AvgIpc) is 2.92. The lowest BCUT2D eigenvalue weighted by Gasteiger charge is -2.04. The van der Waals surface area contributed by atoms with Gasteiger partial charge >= 0.3 is 6.09 Å². The first-order valence-electron chi connectivity index (χ1n) is 6.29. The summed E-state index contributed by atoms with van der Waals surface area (Å²) in [5.41, 5.74) is 3.94. The van der Waals surface area contributed by atoms with Crippen LogP contribution in [0, 0.1) is 6.92 Å². The van der Waals surface area contributed by atoms with Crippen LogP contribution in [-0.4, -0.2) is 19.2 Å². The van der Waals surface area contributed by atoms with E-state index in [1.807, 2.05) is 6.07 Å². The van der Waals surface area contributed by atoms with Crippen molar-refractivity contribution in [2.75, 3.05) is 13.2 Å². The molecule has 0 aromatic heterocycles. The zero-order valence-corrected chi connectivity index (χ0v) is 10.9. The lowest BCUT2D eigenvalue weighted by Crippen LogP contribution is -2.11. The van der Waals surface area contributed by atoms with Gasteiger partial charge in [-0.2, -0.15) is 0 Å². The number of amides is 1. The molecule has 1 fully saturated rings. The van der Waals surface area contributed by atoms with Gasteiger partial charge in [-0.3, -0.25) is 0 Å². The molecule has 0 aliphatic carbocycles. The van der Waals surface area contributed by atoms with Gasteiger partial charge in [0, 0.05) is 0 Å². The Kier molecular flexibility index (Phi) is 4.56. The van der Waals surface area contributed by atoms with E-state index in [4.69, 9.17) is 0 Å². The maximum atomic E-state index is 9.91. The Balaban J connectivity index is 0.000000186. The van der Waals surface area contributed by atoms with Crippen molar-refractivity contribution in [1.29, 1.82) is 0 Å². The van der Waals surface area contributed by atoms with Gasteiger partial charge in [0.25, 0.3) is 0 Å². The lowest BCUT2D eigenvalue weighted by atomic mass is 10.0. The number of carbonyl (C=O) groups is 1. The SMILES string of the molecule is Cc1ccccc1-c1ccccc1.O=C1NCCO1. The normalized spacial score (nSPS) is 13.0. The molecule has 0 unspecified atom stereocenters. The third-order valence-electron chi connectivity index (χ3n) is 2.83. The highest BCUT2D eigenvalue weighted by molar-refractivity contribution is 5.68. The second-order valence-electron chi connectivity index (χ2n) is 4.24. The highest BCUT2D eigenvalue weighted by Crippen LogP contribution is 2.21. The van der Waals surface area contributed by atoms with Gasteiger partial charge in [0.15, 0.2) is 0 Å².